The van der Waals surface area contributed by atoms with Gasteiger partial charge in [-0.3, -0.25) is 4.98 Å². The van der Waals surface area contributed by atoms with Gasteiger partial charge in [0, 0.05) is 11.7 Å². The molecule has 15 heavy (non-hydrogen) atoms. The molecule has 1 atom stereocenters. The van der Waals surface area contributed by atoms with E-state index in [2.05, 4.69) is 23.7 Å². The lowest BCUT2D eigenvalue weighted by Crippen LogP contribution is -2.30. The van der Waals surface area contributed by atoms with E-state index in [1.165, 1.54) is 0 Å². The molecule has 1 unspecified atom stereocenters. The van der Waals surface area contributed by atoms with Gasteiger partial charge in [-0.2, -0.15) is 0 Å². The zero-order valence-corrected chi connectivity index (χ0v) is 10.0. The van der Waals surface area contributed by atoms with Gasteiger partial charge in [-0.15, -0.1) is 0 Å². The van der Waals surface area contributed by atoms with E-state index in [1.54, 1.807) is 6.20 Å². The molecule has 84 valence electrons. The summed E-state index contributed by atoms with van der Waals surface area (Å²) < 4.78 is 5.62. The number of nitrogens with zero attached hydrogens (tertiary/aromatic N) is 2. The Hall–Kier alpha value is -1.09. The average molecular weight is 208 g/mol. The van der Waals surface area contributed by atoms with Crippen molar-refractivity contribution in [1.82, 2.24) is 9.88 Å². The quantitative estimate of drug-likeness (QED) is 0.739. The van der Waals surface area contributed by atoms with Gasteiger partial charge in [-0.05, 0) is 39.6 Å². The van der Waals surface area contributed by atoms with Crippen molar-refractivity contribution in [2.24, 2.45) is 0 Å². The molecule has 1 aromatic heterocycles. The number of pyridine rings is 1. The first-order valence-corrected chi connectivity index (χ1v) is 5.37. The number of rotatable bonds is 5. The number of likely N-dealkylation sites (N-methyl/N-ethyl adjacent to an activating group) is 1. The van der Waals surface area contributed by atoms with Gasteiger partial charge < -0.3 is 9.64 Å². The Labute approximate surface area is 92.1 Å². The van der Waals surface area contributed by atoms with Crippen molar-refractivity contribution in [2.45, 2.75) is 26.3 Å². The first-order chi connectivity index (χ1) is 7.13. The van der Waals surface area contributed by atoms with E-state index < -0.39 is 0 Å². The highest BCUT2D eigenvalue weighted by molar-refractivity contribution is 5.19. The normalized spacial score (nSPS) is 12.9. The van der Waals surface area contributed by atoms with Crippen LogP contribution in [0.4, 0.5) is 0 Å². The summed E-state index contributed by atoms with van der Waals surface area (Å²) in [7, 11) is 4.10. The predicted octanol–water partition coefficient (Wildman–Crippen LogP) is 1.97. The molecule has 1 aromatic rings. The van der Waals surface area contributed by atoms with Crippen LogP contribution in [-0.2, 0) is 6.42 Å². The van der Waals surface area contributed by atoms with Crippen molar-refractivity contribution in [3.63, 3.8) is 0 Å². The molecule has 3 nitrogen and oxygen atoms in total. The molecule has 0 aromatic carbocycles. The van der Waals surface area contributed by atoms with Crippen molar-refractivity contribution in [3.05, 3.63) is 24.0 Å². The highest BCUT2D eigenvalue weighted by atomic mass is 16.5. The van der Waals surface area contributed by atoms with E-state index in [0.29, 0.717) is 12.6 Å². The number of aromatic nitrogens is 1. The molecular formula is C12H20N2O. The SMILES string of the molecule is CCc1ccc(OCC(C)N(C)C)cn1. The van der Waals surface area contributed by atoms with E-state index in [4.69, 9.17) is 4.74 Å². The summed E-state index contributed by atoms with van der Waals surface area (Å²) in [4.78, 5) is 6.41. The summed E-state index contributed by atoms with van der Waals surface area (Å²) >= 11 is 0. The van der Waals surface area contributed by atoms with Crippen LogP contribution in [0.5, 0.6) is 5.75 Å². The van der Waals surface area contributed by atoms with E-state index in [1.807, 2.05) is 26.2 Å². The Morgan fingerprint density at radius 2 is 2.13 bits per heavy atom. The molecule has 0 saturated heterocycles. The molecule has 0 saturated carbocycles. The molecule has 1 heterocycles. The second kappa shape index (κ2) is 5.71. The number of aryl methyl sites for hydroxylation is 1. The maximum absolute atomic E-state index is 5.62. The van der Waals surface area contributed by atoms with Crippen LogP contribution in [0, 0.1) is 0 Å². The van der Waals surface area contributed by atoms with Crippen LogP contribution in [0.25, 0.3) is 0 Å². The zero-order chi connectivity index (χ0) is 11.3. The lowest BCUT2D eigenvalue weighted by atomic mass is 10.3. The Morgan fingerprint density at radius 1 is 1.40 bits per heavy atom. The smallest absolute Gasteiger partial charge is 0.137 e. The monoisotopic (exact) mass is 208 g/mol. The minimum atomic E-state index is 0.413. The lowest BCUT2D eigenvalue weighted by molar-refractivity contribution is 0.198. The summed E-state index contributed by atoms with van der Waals surface area (Å²) in [6.45, 7) is 4.92. The topological polar surface area (TPSA) is 25.4 Å². The molecule has 0 amide bonds. The second-order valence-electron chi connectivity index (χ2n) is 3.96. The van der Waals surface area contributed by atoms with E-state index in [-0.39, 0.29) is 0 Å². The molecule has 0 spiro atoms. The van der Waals surface area contributed by atoms with Crippen molar-refractivity contribution in [3.8, 4) is 5.75 Å². The predicted molar refractivity (Wildman–Crippen MR) is 62.3 cm³/mol. The largest absolute Gasteiger partial charge is 0.490 e. The van der Waals surface area contributed by atoms with Crippen LogP contribution in [-0.4, -0.2) is 36.6 Å². The van der Waals surface area contributed by atoms with Crippen LogP contribution < -0.4 is 4.74 Å². The summed E-state index contributed by atoms with van der Waals surface area (Å²) in [5.41, 5.74) is 1.10. The number of hydrogen-bond donors (Lipinski definition) is 0. The molecule has 0 N–H and O–H groups in total. The summed E-state index contributed by atoms with van der Waals surface area (Å²) in [5, 5.41) is 0. The maximum Gasteiger partial charge on any atom is 0.137 e. The van der Waals surface area contributed by atoms with Gasteiger partial charge in [0.05, 0.1) is 6.20 Å². The molecule has 0 aliphatic heterocycles. The molecule has 0 fully saturated rings. The fraction of sp³-hybridized carbons (Fsp3) is 0.583. The Morgan fingerprint density at radius 3 is 2.60 bits per heavy atom. The molecular weight excluding hydrogens is 188 g/mol. The molecule has 3 heteroatoms. The van der Waals surface area contributed by atoms with E-state index in [9.17, 15) is 0 Å². The van der Waals surface area contributed by atoms with Gasteiger partial charge in [0.1, 0.15) is 12.4 Å². The van der Waals surface area contributed by atoms with Gasteiger partial charge in [-0.1, -0.05) is 6.92 Å². The van der Waals surface area contributed by atoms with Crippen molar-refractivity contribution < 1.29 is 4.74 Å². The minimum Gasteiger partial charge on any atom is -0.490 e. The van der Waals surface area contributed by atoms with Crippen molar-refractivity contribution in [2.75, 3.05) is 20.7 Å². The van der Waals surface area contributed by atoms with Crippen LogP contribution in [0.1, 0.15) is 19.5 Å². The molecule has 1 rings (SSSR count). The number of hydrogen-bond acceptors (Lipinski definition) is 3. The highest BCUT2D eigenvalue weighted by Crippen LogP contribution is 2.10. The molecule has 0 aliphatic rings. The minimum absolute atomic E-state index is 0.413. The Bertz CT molecular complexity index is 282. The third kappa shape index (κ3) is 3.88. The van der Waals surface area contributed by atoms with Gasteiger partial charge >= 0.3 is 0 Å². The second-order valence-corrected chi connectivity index (χ2v) is 3.96. The molecule has 0 bridgehead atoms. The van der Waals surface area contributed by atoms with Crippen molar-refractivity contribution in [1.29, 1.82) is 0 Å². The zero-order valence-electron chi connectivity index (χ0n) is 10.0. The van der Waals surface area contributed by atoms with Gasteiger partial charge in [0.25, 0.3) is 0 Å². The lowest BCUT2D eigenvalue weighted by Gasteiger charge is -2.19. The van der Waals surface area contributed by atoms with Crippen LogP contribution in [0.2, 0.25) is 0 Å². The van der Waals surface area contributed by atoms with Gasteiger partial charge in [0.2, 0.25) is 0 Å². The summed E-state index contributed by atoms with van der Waals surface area (Å²) in [5.74, 6) is 0.848. The van der Waals surface area contributed by atoms with Gasteiger partial charge in [-0.25, -0.2) is 0 Å². The first-order valence-electron chi connectivity index (χ1n) is 5.37. The maximum atomic E-state index is 5.62. The Balaban J connectivity index is 2.44. The highest BCUT2D eigenvalue weighted by Gasteiger charge is 2.05. The molecule has 0 radical (unpaired) electrons. The molecule has 0 aliphatic carbocycles. The summed E-state index contributed by atoms with van der Waals surface area (Å²) in [6.07, 6.45) is 2.76. The van der Waals surface area contributed by atoms with E-state index >= 15 is 0 Å². The first kappa shape index (κ1) is 12.0. The van der Waals surface area contributed by atoms with Crippen molar-refractivity contribution >= 4 is 0 Å². The standard InChI is InChI=1S/C12H20N2O/c1-5-11-6-7-12(8-13-11)15-9-10(2)14(3)4/h6-8,10H,5,9H2,1-4H3. The summed E-state index contributed by atoms with van der Waals surface area (Å²) in [6, 6.07) is 4.40. The Kier molecular flexibility index (Phi) is 4.56. The third-order valence-electron chi connectivity index (χ3n) is 2.53. The van der Waals surface area contributed by atoms with E-state index in [0.717, 1.165) is 17.9 Å². The van der Waals surface area contributed by atoms with Crippen LogP contribution in [0.15, 0.2) is 18.3 Å². The van der Waals surface area contributed by atoms with Crippen LogP contribution >= 0.6 is 0 Å². The number of ether oxygens (including phenoxy) is 1. The average Bonchev–Trinajstić information content (AvgIpc) is 2.26. The fourth-order valence-corrected chi connectivity index (χ4v) is 1.07. The fourth-order valence-electron chi connectivity index (χ4n) is 1.07. The van der Waals surface area contributed by atoms with Gasteiger partial charge in [0.15, 0.2) is 0 Å². The van der Waals surface area contributed by atoms with Crippen LogP contribution in [0.3, 0.4) is 0 Å². The third-order valence-corrected chi connectivity index (χ3v) is 2.53.